The van der Waals surface area contributed by atoms with Gasteiger partial charge in [-0.25, -0.2) is 9.97 Å². The lowest BCUT2D eigenvalue weighted by Gasteiger charge is -2.01. The molecule has 0 aliphatic carbocycles. The molecule has 0 saturated carbocycles. The van der Waals surface area contributed by atoms with Crippen LogP contribution in [0.1, 0.15) is 18.9 Å². The first-order chi connectivity index (χ1) is 6.77. The minimum absolute atomic E-state index is 0.796. The average molecular weight is 187 g/mol. The Morgan fingerprint density at radius 3 is 3.14 bits per heavy atom. The Kier molecular flexibility index (Phi) is 2.31. The molecular formula is C11H13N3. The number of hydrogen-bond donors (Lipinski definition) is 1. The fourth-order valence-electron chi connectivity index (χ4n) is 1.46. The van der Waals surface area contributed by atoms with Gasteiger partial charge in [0.2, 0.25) is 0 Å². The third kappa shape index (κ3) is 1.66. The number of pyridine rings is 1. The molecule has 2 heterocycles. The van der Waals surface area contributed by atoms with Gasteiger partial charge in [-0.3, -0.25) is 0 Å². The molecule has 0 fully saturated rings. The van der Waals surface area contributed by atoms with E-state index in [2.05, 4.69) is 21.5 Å². The van der Waals surface area contributed by atoms with Crippen molar-refractivity contribution in [3.05, 3.63) is 36.3 Å². The zero-order valence-electron chi connectivity index (χ0n) is 8.25. The first-order valence-electron chi connectivity index (χ1n) is 4.68. The Morgan fingerprint density at radius 2 is 2.36 bits per heavy atom. The van der Waals surface area contributed by atoms with Crippen molar-refractivity contribution in [1.29, 1.82) is 0 Å². The molecule has 0 aliphatic rings. The van der Waals surface area contributed by atoms with Crippen LogP contribution >= 0.6 is 0 Å². The highest BCUT2D eigenvalue weighted by Crippen LogP contribution is 2.15. The molecule has 0 spiro atoms. The Labute approximate surface area is 82.9 Å². The summed E-state index contributed by atoms with van der Waals surface area (Å²) in [5.41, 5.74) is 4.31. The summed E-state index contributed by atoms with van der Waals surface area (Å²) in [5, 5.41) is 0. The highest BCUT2D eigenvalue weighted by Gasteiger charge is 2.03. The molecule has 0 unspecified atom stereocenters. The lowest BCUT2D eigenvalue weighted by atomic mass is 10.1. The molecule has 0 saturated heterocycles. The first kappa shape index (κ1) is 8.94. The minimum atomic E-state index is 0.796. The fraction of sp³-hybridized carbons (Fsp3) is 0.273. The van der Waals surface area contributed by atoms with Gasteiger partial charge in [0.25, 0.3) is 0 Å². The van der Waals surface area contributed by atoms with Crippen LogP contribution in [0, 0.1) is 0 Å². The molecule has 14 heavy (non-hydrogen) atoms. The second-order valence-electron chi connectivity index (χ2n) is 3.53. The number of aryl methyl sites for hydroxylation is 1. The number of aromatic amines is 1. The van der Waals surface area contributed by atoms with Crippen LogP contribution in [0.4, 0.5) is 0 Å². The van der Waals surface area contributed by atoms with Gasteiger partial charge >= 0.3 is 0 Å². The van der Waals surface area contributed by atoms with Gasteiger partial charge in [0.15, 0.2) is 5.65 Å². The molecule has 1 N–H and O–H groups in total. The van der Waals surface area contributed by atoms with E-state index in [1.165, 1.54) is 11.1 Å². The maximum absolute atomic E-state index is 4.16. The first-order valence-corrected chi connectivity index (χ1v) is 4.68. The van der Waals surface area contributed by atoms with Crippen LogP contribution in [0.3, 0.4) is 0 Å². The molecule has 2 rings (SSSR count). The van der Waals surface area contributed by atoms with E-state index in [-0.39, 0.29) is 0 Å². The van der Waals surface area contributed by atoms with Crippen LogP contribution in [0.15, 0.2) is 30.7 Å². The number of rotatable bonds is 3. The normalized spacial score (nSPS) is 10.6. The maximum atomic E-state index is 4.16. The molecule has 0 radical (unpaired) electrons. The molecule has 2 aromatic rings. The molecule has 3 heteroatoms. The number of nitrogens with zero attached hydrogens (tertiary/aromatic N) is 2. The summed E-state index contributed by atoms with van der Waals surface area (Å²) in [6.45, 7) is 5.94. The minimum Gasteiger partial charge on any atom is -0.343 e. The summed E-state index contributed by atoms with van der Waals surface area (Å²) in [7, 11) is 0. The summed E-state index contributed by atoms with van der Waals surface area (Å²) in [6, 6.07) is 2.03. The Bertz CT molecular complexity index is 456. The van der Waals surface area contributed by atoms with E-state index in [1.54, 1.807) is 12.5 Å². The number of hydrogen-bond acceptors (Lipinski definition) is 2. The van der Waals surface area contributed by atoms with Gasteiger partial charge in [0.05, 0.1) is 11.8 Å². The number of nitrogens with one attached hydrogen (secondary N) is 1. The highest BCUT2D eigenvalue weighted by atomic mass is 14.9. The molecular weight excluding hydrogens is 174 g/mol. The predicted octanol–water partition coefficient (Wildman–Crippen LogP) is 2.47. The Hall–Kier alpha value is -1.64. The van der Waals surface area contributed by atoms with E-state index in [0.717, 1.165) is 24.0 Å². The molecule has 72 valence electrons. The molecule has 0 amide bonds. The lowest BCUT2D eigenvalue weighted by molar-refractivity contribution is 0.949. The molecule has 0 aliphatic heterocycles. The van der Waals surface area contributed by atoms with Gasteiger partial charge in [-0.1, -0.05) is 5.57 Å². The molecule has 0 bridgehead atoms. The quantitative estimate of drug-likeness (QED) is 0.750. The number of fused-ring (bicyclic) bond motifs is 1. The van der Waals surface area contributed by atoms with Crippen molar-refractivity contribution >= 4 is 11.2 Å². The van der Waals surface area contributed by atoms with E-state index in [0.29, 0.717) is 0 Å². The van der Waals surface area contributed by atoms with E-state index >= 15 is 0 Å². The molecule has 0 aromatic carbocycles. The summed E-state index contributed by atoms with van der Waals surface area (Å²) in [6.07, 6.45) is 5.49. The lowest BCUT2D eigenvalue weighted by Crippen LogP contribution is -1.89. The number of aromatic nitrogens is 3. The Morgan fingerprint density at radius 1 is 1.50 bits per heavy atom. The van der Waals surface area contributed by atoms with Crippen molar-refractivity contribution in [3.8, 4) is 0 Å². The van der Waals surface area contributed by atoms with Gasteiger partial charge < -0.3 is 4.98 Å². The van der Waals surface area contributed by atoms with Crippen LogP contribution < -0.4 is 0 Å². The van der Waals surface area contributed by atoms with Crippen LogP contribution in [-0.2, 0) is 6.42 Å². The van der Waals surface area contributed by atoms with Crippen molar-refractivity contribution in [2.45, 2.75) is 19.8 Å². The molecule has 3 nitrogen and oxygen atoms in total. The molecule has 0 atom stereocenters. The van der Waals surface area contributed by atoms with Crippen molar-refractivity contribution in [2.24, 2.45) is 0 Å². The largest absolute Gasteiger partial charge is 0.343 e. The van der Waals surface area contributed by atoms with Crippen molar-refractivity contribution in [1.82, 2.24) is 15.0 Å². The number of imidazole rings is 1. The van der Waals surface area contributed by atoms with Crippen LogP contribution in [0.5, 0.6) is 0 Å². The number of allylic oxidation sites excluding steroid dienone is 1. The smallest absolute Gasteiger partial charge is 0.177 e. The number of H-pyrrole nitrogens is 1. The van der Waals surface area contributed by atoms with Gasteiger partial charge in [-0.2, -0.15) is 0 Å². The third-order valence-corrected chi connectivity index (χ3v) is 2.23. The SMILES string of the molecule is C=C(C)CCc1ccnc2nc[nH]c12. The summed E-state index contributed by atoms with van der Waals surface area (Å²) in [4.78, 5) is 11.4. The second kappa shape index (κ2) is 3.62. The van der Waals surface area contributed by atoms with Gasteiger partial charge in [0.1, 0.15) is 0 Å². The van der Waals surface area contributed by atoms with Crippen molar-refractivity contribution in [2.75, 3.05) is 0 Å². The monoisotopic (exact) mass is 187 g/mol. The average Bonchev–Trinajstić information content (AvgIpc) is 2.62. The predicted molar refractivity (Wildman–Crippen MR) is 57.0 cm³/mol. The van der Waals surface area contributed by atoms with Crippen LogP contribution in [0.2, 0.25) is 0 Å². The molecule has 2 aromatic heterocycles. The summed E-state index contributed by atoms with van der Waals surface area (Å²) >= 11 is 0. The topological polar surface area (TPSA) is 41.6 Å². The Balaban J connectivity index is 2.32. The van der Waals surface area contributed by atoms with Crippen molar-refractivity contribution in [3.63, 3.8) is 0 Å². The highest BCUT2D eigenvalue weighted by molar-refractivity contribution is 5.73. The van der Waals surface area contributed by atoms with E-state index in [4.69, 9.17) is 0 Å². The second-order valence-corrected chi connectivity index (χ2v) is 3.53. The van der Waals surface area contributed by atoms with Crippen LogP contribution in [-0.4, -0.2) is 15.0 Å². The zero-order valence-corrected chi connectivity index (χ0v) is 8.25. The third-order valence-electron chi connectivity index (χ3n) is 2.23. The summed E-state index contributed by atoms with van der Waals surface area (Å²) in [5.74, 6) is 0. The van der Waals surface area contributed by atoms with Crippen molar-refractivity contribution < 1.29 is 0 Å². The standard InChI is InChI=1S/C11H13N3/c1-8(2)3-4-9-5-6-12-11-10(9)13-7-14-11/h5-7H,1,3-4H2,2H3,(H,12,13,14). The van der Waals surface area contributed by atoms with E-state index in [1.807, 2.05) is 13.0 Å². The van der Waals surface area contributed by atoms with E-state index in [9.17, 15) is 0 Å². The van der Waals surface area contributed by atoms with Gasteiger partial charge in [-0.05, 0) is 31.4 Å². The van der Waals surface area contributed by atoms with Gasteiger partial charge in [0, 0.05) is 6.20 Å². The van der Waals surface area contributed by atoms with Crippen LogP contribution in [0.25, 0.3) is 11.2 Å². The summed E-state index contributed by atoms with van der Waals surface area (Å²) < 4.78 is 0. The zero-order chi connectivity index (χ0) is 9.97. The van der Waals surface area contributed by atoms with Gasteiger partial charge in [-0.15, -0.1) is 6.58 Å². The van der Waals surface area contributed by atoms with E-state index < -0.39 is 0 Å². The maximum Gasteiger partial charge on any atom is 0.177 e. The fourth-order valence-corrected chi connectivity index (χ4v) is 1.46.